The summed E-state index contributed by atoms with van der Waals surface area (Å²) in [5, 5.41) is 10.9. The molecule has 2 unspecified atom stereocenters. The van der Waals surface area contributed by atoms with Gasteiger partial charge in [0.15, 0.2) is 0 Å². The van der Waals surface area contributed by atoms with Crippen molar-refractivity contribution < 1.29 is 9.50 Å². The monoisotopic (exact) mass is 394 g/mol. The Hall–Kier alpha value is -1.75. The van der Waals surface area contributed by atoms with E-state index in [0.29, 0.717) is 18.0 Å². The Morgan fingerprint density at radius 3 is 2.28 bits per heavy atom. The molecule has 1 N–H and O–H groups in total. The third-order valence-corrected chi connectivity index (χ3v) is 7.39. The van der Waals surface area contributed by atoms with Crippen molar-refractivity contribution in [3.63, 3.8) is 0 Å². The zero-order valence-electron chi connectivity index (χ0n) is 17.0. The summed E-state index contributed by atoms with van der Waals surface area (Å²) in [5.41, 5.74) is 2.62. The summed E-state index contributed by atoms with van der Waals surface area (Å²) in [6, 6.07) is 19.2. The quantitative estimate of drug-likeness (QED) is 0.843. The van der Waals surface area contributed by atoms with Crippen molar-refractivity contribution in [1.82, 2.24) is 9.80 Å². The summed E-state index contributed by atoms with van der Waals surface area (Å²) in [4.78, 5) is 5.12. The lowest BCUT2D eigenvalue weighted by Crippen LogP contribution is -2.59. The first-order valence-corrected chi connectivity index (χ1v) is 11.1. The molecule has 4 heteroatoms. The summed E-state index contributed by atoms with van der Waals surface area (Å²) in [6.07, 6.45) is 5.52. The zero-order valence-corrected chi connectivity index (χ0v) is 17.0. The number of likely N-dealkylation sites (tertiary alicyclic amines) is 1. The molecule has 154 valence electrons. The van der Waals surface area contributed by atoms with Gasteiger partial charge in [-0.2, -0.15) is 0 Å². The maximum absolute atomic E-state index is 13.2. The lowest BCUT2D eigenvalue weighted by Gasteiger charge is -2.48. The Balaban J connectivity index is 1.28. The fourth-order valence-electron chi connectivity index (χ4n) is 6.02. The van der Waals surface area contributed by atoms with Gasteiger partial charge in [0.1, 0.15) is 5.82 Å². The van der Waals surface area contributed by atoms with Crippen LogP contribution < -0.4 is 0 Å². The highest BCUT2D eigenvalue weighted by atomic mass is 19.1. The lowest BCUT2D eigenvalue weighted by atomic mass is 9.83. The average Bonchev–Trinajstić information content (AvgIpc) is 3.00. The Kier molecular flexibility index (Phi) is 5.42. The van der Waals surface area contributed by atoms with Crippen molar-refractivity contribution in [2.24, 2.45) is 0 Å². The Labute approximate surface area is 173 Å². The molecule has 0 aromatic heterocycles. The molecule has 0 aliphatic carbocycles. The van der Waals surface area contributed by atoms with Crippen LogP contribution in [0.4, 0.5) is 4.39 Å². The SMILES string of the molecule is O[C@H]1CCN(Cc2ccc(F)cc2)C[C@@H]1N1C2CCC1CC(c1ccccc1)C2. The van der Waals surface area contributed by atoms with E-state index in [9.17, 15) is 9.50 Å². The topological polar surface area (TPSA) is 26.7 Å². The van der Waals surface area contributed by atoms with Gasteiger partial charge in [-0.25, -0.2) is 4.39 Å². The first-order valence-electron chi connectivity index (χ1n) is 11.1. The summed E-state index contributed by atoms with van der Waals surface area (Å²) in [6.45, 7) is 2.64. The van der Waals surface area contributed by atoms with Crippen LogP contribution in [0.3, 0.4) is 0 Å². The number of aliphatic hydroxyl groups is 1. The standard InChI is InChI=1S/C25H31FN2O/c26-21-8-6-18(7-9-21)16-27-13-12-25(29)24(17-27)28-22-10-11-23(28)15-20(14-22)19-4-2-1-3-5-19/h1-9,20,22-25,29H,10-17H2/t20?,22?,23?,24-,25-/m0/s1. The van der Waals surface area contributed by atoms with Crippen LogP contribution in [-0.2, 0) is 6.54 Å². The van der Waals surface area contributed by atoms with Crippen LogP contribution in [-0.4, -0.2) is 52.2 Å². The largest absolute Gasteiger partial charge is 0.391 e. The lowest BCUT2D eigenvalue weighted by molar-refractivity contribution is -0.0476. The third kappa shape index (κ3) is 3.98. The van der Waals surface area contributed by atoms with Crippen molar-refractivity contribution in [1.29, 1.82) is 0 Å². The Morgan fingerprint density at radius 2 is 1.59 bits per heavy atom. The van der Waals surface area contributed by atoms with Gasteiger partial charge in [-0.05, 0) is 61.3 Å². The fourth-order valence-corrected chi connectivity index (χ4v) is 6.02. The summed E-state index contributed by atoms with van der Waals surface area (Å²) in [7, 11) is 0. The molecule has 3 aliphatic heterocycles. The van der Waals surface area contributed by atoms with Crippen LogP contribution >= 0.6 is 0 Å². The number of nitrogens with zero attached hydrogens (tertiary/aromatic N) is 2. The number of halogens is 1. The molecule has 29 heavy (non-hydrogen) atoms. The molecule has 3 nitrogen and oxygen atoms in total. The average molecular weight is 395 g/mol. The van der Waals surface area contributed by atoms with Crippen molar-refractivity contribution in [3.05, 3.63) is 71.5 Å². The Morgan fingerprint density at radius 1 is 0.897 bits per heavy atom. The number of fused-ring (bicyclic) bond motifs is 2. The molecule has 0 spiro atoms. The number of piperidine rings is 2. The zero-order chi connectivity index (χ0) is 19.8. The normalized spacial score (nSPS) is 33.1. The van der Waals surface area contributed by atoms with E-state index in [4.69, 9.17) is 0 Å². The molecule has 3 heterocycles. The van der Waals surface area contributed by atoms with E-state index in [1.54, 1.807) is 12.1 Å². The van der Waals surface area contributed by atoms with E-state index in [2.05, 4.69) is 40.1 Å². The van der Waals surface area contributed by atoms with E-state index >= 15 is 0 Å². The maximum Gasteiger partial charge on any atom is 0.123 e. The molecule has 3 fully saturated rings. The van der Waals surface area contributed by atoms with E-state index in [0.717, 1.165) is 31.6 Å². The predicted molar refractivity (Wildman–Crippen MR) is 113 cm³/mol. The highest BCUT2D eigenvalue weighted by Crippen LogP contribution is 2.45. The minimum absolute atomic E-state index is 0.182. The van der Waals surface area contributed by atoms with Crippen LogP contribution in [0.15, 0.2) is 54.6 Å². The molecule has 0 radical (unpaired) electrons. The number of aliphatic hydroxyl groups excluding tert-OH is 1. The minimum atomic E-state index is -0.240. The molecule has 3 aliphatic rings. The smallest absolute Gasteiger partial charge is 0.123 e. The minimum Gasteiger partial charge on any atom is -0.391 e. The first-order chi connectivity index (χ1) is 14.2. The van der Waals surface area contributed by atoms with E-state index < -0.39 is 0 Å². The predicted octanol–water partition coefficient (Wildman–Crippen LogP) is 4.17. The second-order valence-electron chi connectivity index (χ2n) is 9.20. The molecular weight excluding hydrogens is 363 g/mol. The molecular formula is C25H31FN2O. The van der Waals surface area contributed by atoms with Gasteiger partial charge in [0.05, 0.1) is 6.10 Å². The van der Waals surface area contributed by atoms with Gasteiger partial charge >= 0.3 is 0 Å². The summed E-state index contributed by atoms with van der Waals surface area (Å²) in [5.74, 6) is 0.472. The molecule has 0 amide bonds. The maximum atomic E-state index is 13.2. The Bertz CT molecular complexity index is 797. The number of hydrogen-bond donors (Lipinski definition) is 1. The second-order valence-corrected chi connectivity index (χ2v) is 9.20. The second kappa shape index (κ2) is 8.17. The third-order valence-electron chi connectivity index (χ3n) is 7.39. The summed E-state index contributed by atoms with van der Waals surface area (Å²) >= 11 is 0. The first kappa shape index (κ1) is 19.2. The van der Waals surface area contributed by atoms with E-state index in [1.807, 2.05) is 12.1 Å². The van der Waals surface area contributed by atoms with Gasteiger partial charge in [0, 0.05) is 37.8 Å². The van der Waals surface area contributed by atoms with E-state index in [-0.39, 0.29) is 18.0 Å². The molecule has 2 bridgehead atoms. The molecule has 5 rings (SSSR count). The number of rotatable bonds is 4. The molecule has 3 saturated heterocycles. The van der Waals surface area contributed by atoms with Crippen LogP contribution in [0.25, 0.3) is 0 Å². The van der Waals surface area contributed by atoms with Gasteiger partial charge < -0.3 is 5.11 Å². The highest BCUT2D eigenvalue weighted by molar-refractivity contribution is 5.22. The van der Waals surface area contributed by atoms with Gasteiger partial charge in [-0.3, -0.25) is 9.80 Å². The van der Waals surface area contributed by atoms with Crippen LogP contribution in [0.2, 0.25) is 0 Å². The van der Waals surface area contributed by atoms with Crippen LogP contribution in [0.5, 0.6) is 0 Å². The van der Waals surface area contributed by atoms with E-state index in [1.165, 1.54) is 31.2 Å². The van der Waals surface area contributed by atoms with Crippen LogP contribution in [0, 0.1) is 5.82 Å². The molecule has 2 aromatic rings. The van der Waals surface area contributed by atoms with Crippen molar-refractivity contribution in [3.8, 4) is 0 Å². The van der Waals surface area contributed by atoms with Crippen molar-refractivity contribution in [2.75, 3.05) is 13.1 Å². The van der Waals surface area contributed by atoms with Gasteiger partial charge in [0.2, 0.25) is 0 Å². The van der Waals surface area contributed by atoms with Gasteiger partial charge in [-0.1, -0.05) is 42.5 Å². The molecule has 0 saturated carbocycles. The van der Waals surface area contributed by atoms with Gasteiger partial charge in [0.25, 0.3) is 0 Å². The molecule has 4 atom stereocenters. The van der Waals surface area contributed by atoms with Gasteiger partial charge in [-0.15, -0.1) is 0 Å². The fraction of sp³-hybridized carbons (Fsp3) is 0.520. The summed E-state index contributed by atoms with van der Waals surface area (Å²) < 4.78 is 13.2. The number of hydrogen-bond acceptors (Lipinski definition) is 3. The van der Waals surface area contributed by atoms with Crippen molar-refractivity contribution in [2.45, 2.75) is 68.8 Å². The highest BCUT2D eigenvalue weighted by Gasteiger charge is 2.47. The molecule has 2 aromatic carbocycles. The van der Waals surface area contributed by atoms with Crippen LogP contribution in [0.1, 0.15) is 49.1 Å². The number of benzene rings is 2. The van der Waals surface area contributed by atoms with Crippen molar-refractivity contribution >= 4 is 0 Å².